The number of rotatable bonds is 1. The second-order valence-electron chi connectivity index (χ2n) is 2.65. The molecule has 0 rings (SSSR count). The minimum atomic E-state index is -4.79. The summed E-state index contributed by atoms with van der Waals surface area (Å²) in [6, 6.07) is 0. The van der Waals surface area contributed by atoms with Gasteiger partial charge in [0, 0.05) is 0 Å². The normalized spacial score (nSPS) is 11.4. The number of phosphoric acid groups is 1. The molecule has 0 spiro atoms. The third kappa shape index (κ3) is 19.7. The molecule has 0 aliphatic rings. The molecule has 0 fully saturated rings. The van der Waals surface area contributed by atoms with Crippen LogP contribution in [0.4, 0.5) is 0 Å². The Morgan fingerprint density at radius 3 is 1.45 bits per heavy atom. The minimum Gasteiger partial charge on any atom is -0.790 e. The summed E-state index contributed by atoms with van der Waals surface area (Å²) < 4.78 is 14.0. The fraction of sp³-hybridized carbons (Fsp3) is 1.00. The van der Waals surface area contributed by atoms with Crippen molar-refractivity contribution in [1.82, 2.24) is 0 Å². The smallest absolute Gasteiger partial charge is 0.790 e. The van der Waals surface area contributed by atoms with Gasteiger partial charge >= 0.3 is 103 Å². The molecule has 4 nitrogen and oxygen atoms in total. The summed E-state index contributed by atoms with van der Waals surface area (Å²) in [4.78, 5) is 19.8. The van der Waals surface area contributed by atoms with Gasteiger partial charge in [0.15, 0.2) is 0 Å². The molecule has 0 heterocycles. The van der Waals surface area contributed by atoms with Crippen LogP contribution in [-0.4, -0.2) is 5.60 Å². The van der Waals surface area contributed by atoms with Crippen molar-refractivity contribution in [2.75, 3.05) is 0 Å². The molecule has 0 aliphatic carbocycles. The van der Waals surface area contributed by atoms with Gasteiger partial charge in [0.2, 0.25) is 0 Å². The molecule has 0 aliphatic heterocycles. The maximum absolute atomic E-state index is 9.90. The van der Waals surface area contributed by atoms with Crippen molar-refractivity contribution in [3.63, 3.8) is 0 Å². The van der Waals surface area contributed by atoms with Crippen molar-refractivity contribution in [2.45, 2.75) is 26.4 Å². The van der Waals surface area contributed by atoms with Gasteiger partial charge in [-0.15, -0.1) is 0 Å². The van der Waals surface area contributed by atoms with E-state index >= 15 is 0 Å². The quantitative estimate of drug-likeness (QED) is 0.332. The van der Waals surface area contributed by atoms with Crippen LogP contribution >= 0.6 is 7.82 Å². The summed E-state index contributed by atoms with van der Waals surface area (Å²) in [6.07, 6.45) is 0. The molecule has 0 bridgehead atoms. The van der Waals surface area contributed by atoms with Crippen LogP contribution in [0.1, 0.15) is 20.8 Å². The van der Waals surface area contributed by atoms with Gasteiger partial charge in [0.1, 0.15) is 0 Å². The summed E-state index contributed by atoms with van der Waals surface area (Å²) in [7, 11) is -4.79. The molecule has 0 aromatic heterocycles. The third-order valence-corrected chi connectivity index (χ3v) is 1.16. The number of hydrogen-bond donors (Lipinski definition) is 0. The summed E-state index contributed by atoms with van der Waals surface area (Å²) >= 11 is 0. The first-order chi connectivity index (χ1) is 3.71. The van der Waals surface area contributed by atoms with Crippen LogP contribution in [0.15, 0.2) is 0 Å². The van der Waals surface area contributed by atoms with Crippen molar-refractivity contribution in [3.05, 3.63) is 0 Å². The van der Waals surface area contributed by atoms with E-state index in [1.165, 1.54) is 20.8 Å². The summed E-state index contributed by atoms with van der Waals surface area (Å²) in [5, 5.41) is 0. The van der Waals surface area contributed by atoms with Gasteiger partial charge in [-0.3, -0.25) is 0 Å². The topological polar surface area (TPSA) is 72.4 Å². The largest absolute Gasteiger partial charge is 1.00 e. The predicted octanol–water partition coefficient (Wildman–Crippen LogP) is -6.36. The first-order valence-corrected chi connectivity index (χ1v) is 3.90. The van der Waals surface area contributed by atoms with Crippen molar-refractivity contribution in [2.24, 2.45) is 0 Å². The van der Waals surface area contributed by atoms with Crippen LogP contribution in [0.3, 0.4) is 0 Å². The van der Waals surface area contributed by atoms with E-state index in [9.17, 15) is 14.4 Å². The molecule has 0 atom stereocenters. The maximum atomic E-state index is 9.90. The van der Waals surface area contributed by atoms with Crippen LogP contribution < -0.4 is 113 Å². The zero-order valence-electron chi connectivity index (χ0n) is 7.58. The number of phosphoric ester groups is 1. The van der Waals surface area contributed by atoms with E-state index in [0.29, 0.717) is 0 Å². The molecule has 0 amide bonds. The molecule has 11 heavy (non-hydrogen) atoms. The van der Waals surface area contributed by atoms with Crippen LogP contribution in [0.25, 0.3) is 0 Å². The Labute approximate surface area is 152 Å². The van der Waals surface area contributed by atoms with Gasteiger partial charge in [-0.1, -0.05) is 0 Å². The molecule has 0 saturated carbocycles. The van der Waals surface area contributed by atoms with Gasteiger partial charge in [-0.2, -0.15) is 0 Å². The SMILES string of the molecule is CC(C)(C)OP(=O)([O-])[O-].[K+].[K+]. The molecule has 0 radical (unpaired) electrons. The molecule has 0 N–H and O–H groups in total. The van der Waals surface area contributed by atoms with E-state index in [1.54, 1.807) is 0 Å². The van der Waals surface area contributed by atoms with Crippen molar-refractivity contribution < 1.29 is 122 Å². The van der Waals surface area contributed by atoms with E-state index in [1.807, 2.05) is 0 Å². The van der Waals surface area contributed by atoms with Crippen LogP contribution in [0, 0.1) is 0 Å². The Kier molecular flexibility index (Phi) is 13.8. The Hall–Kier alpha value is 3.38. The Morgan fingerprint density at radius 2 is 1.45 bits per heavy atom. The number of hydrogen-bond acceptors (Lipinski definition) is 4. The average Bonchev–Trinajstić information content (AvgIpc) is 1.14. The molecule has 7 heteroatoms. The summed E-state index contributed by atoms with van der Waals surface area (Å²) in [5.41, 5.74) is -0.904. The van der Waals surface area contributed by atoms with E-state index in [2.05, 4.69) is 4.52 Å². The van der Waals surface area contributed by atoms with Crippen LogP contribution in [0.2, 0.25) is 0 Å². The molecule has 0 aromatic rings. The van der Waals surface area contributed by atoms with Gasteiger partial charge in [-0.25, -0.2) is 0 Å². The van der Waals surface area contributed by atoms with Gasteiger partial charge in [0.05, 0.1) is 13.4 Å². The summed E-state index contributed by atoms with van der Waals surface area (Å²) in [6.45, 7) is 4.49. The molecule has 0 saturated heterocycles. The van der Waals surface area contributed by atoms with Crippen molar-refractivity contribution in [1.29, 1.82) is 0 Å². The minimum absolute atomic E-state index is 0. The fourth-order valence-electron chi connectivity index (χ4n) is 0.335. The standard InChI is InChI=1S/C4H11O4P.2K/c1-4(2,3)8-9(5,6)7;;/h1-3H3,(H2,5,6,7);;/q;2*+1/p-2. The van der Waals surface area contributed by atoms with Crippen molar-refractivity contribution in [3.8, 4) is 0 Å². The molecular weight excluding hydrogens is 221 g/mol. The molecule has 0 aromatic carbocycles. The zero-order chi connectivity index (χ0) is 7.71. The fourth-order valence-corrected chi connectivity index (χ4v) is 1.01. The Bertz CT molecular complexity index is 138. The van der Waals surface area contributed by atoms with E-state index < -0.39 is 13.4 Å². The first kappa shape index (κ1) is 19.9. The van der Waals surface area contributed by atoms with E-state index in [4.69, 9.17) is 0 Å². The average molecular weight is 230 g/mol. The first-order valence-electron chi connectivity index (χ1n) is 2.43. The Balaban J connectivity index is -0.000000320. The van der Waals surface area contributed by atoms with Gasteiger partial charge < -0.3 is 18.9 Å². The maximum Gasteiger partial charge on any atom is 1.00 e. The van der Waals surface area contributed by atoms with Gasteiger partial charge in [-0.05, 0) is 20.8 Å². The van der Waals surface area contributed by atoms with Crippen molar-refractivity contribution >= 4 is 7.82 Å². The monoisotopic (exact) mass is 230 g/mol. The molecule has 56 valence electrons. The van der Waals surface area contributed by atoms with Crippen LogP contribution in [0.5, 0.6) is 0 Å². The summed E-state index contributed by atoms with van der Waals surface area (Å²) in [5.74, 6) is 0. The molecule has 0 unspecified atom stereocenters. The zero-order valence-corrected chi connectivity index (χ0v) is 14.7. The second-order valence-corrected chi connectivity index (χ2v) is 3.73. The molecular formula is C4H9K2O4P. The Morgan fingerprint density at radius 1 is 1.18 bits per heavy atom. The second kappa shape index (κ2) is 7.65. The third-order valence-electron chi connectivity index (χ3n) is 0.386. The van der Waals surface area contributed by atoms with Crippen LogP contribution in [-0.2, 0) is 9.09 Å². The predicted molar refractivity (Wildman–Crippen MR) is 28.4 cm³/mol. The van der Waals surface area contributed by atoms with Gasteiger partial charge in [0.25, 0.3) is 0 Å². The van der Waals surface area contributed by atoms with E-state index in [-0.39, 0.29) is 103 Å². The van der Waals surface area contributed by atoms with E-state index in [0.717, 1.165) is 0 Å².